The minimum atomic E-state index is -2.20. The van der Waals surface area contributed by atoms with E-state index in [9.17, 15) is 39.9 Å². The van der Waals surface area contributed by atoms with Crippen LogP contribution in [0.4, 0.5) is 5.69 Å². The second kappa shape index (κ2) is 20.3. The normalized spacial score (nSPS) is 23.9. The summed E-state index contributed by atoms with van der Waals surface area (Å²) in [6.07, 6.45) is -4.93. The van der Waals surface area contributed by atoms with Gasteiger partial charge in [0.1, 0.15) is 22.8 Å². The fourth-order valence-corrected chi connectivity index (χ4v) is 9.30. The molecule has 6 atom stereocenters. The highest BCUT2D eigenvalue weighted by molar-refractivity contribution is 6.31. The van der Waals surface area contributed by atoms with Gasteiger partial charge in [-0.3, -0.25) is 19.3 Å². The molecule has 0 saturated carbocycles. The van der Waals surface area contributed by atoms with Gasteiger partial charge in [-0.15, -0.1) is 0 Å². The molecule has 1 amide bonds. The molecule has 2 fully saturated rings. The summed E-state index contributed by atoms with van der Waals surface area (Å²) in [5.41, 5.74) is 17.9. The highest BCUT2D eigenvalue weighted by Gasteiger charge is 2.50. The van der Waals surface area contributed by atoms with Crippen molar-refractivity contribution in [3.8, 4) is 17.2 Å². The Hall–Kier alpha value is -6.98. The maximum atomic E-state index is 14.2. The van der Waals surface area contributed by atoms with Crippen molar-refractivity contribution < 1.29 is 58.9 Å². The van der Waals surface area contributed by atoms with Crippen LogP contribution in [0.3, 0.4) is 0 Å². The first-order valence-electron chi connectivity index (χ1n) is 22.3. The van der Waals surface area contributed by atoms with Crippen LogP contribution < -0.4 is 32.7 Å². The number of hydrogen-bond acceptors (Lipinski definition) is 16. The van der Waals surface area contributed by atoms with Gasteiger partial charge in [0.15, 0.2) is 24.0 Å². The van der Waals surface area contributed by atoms with E-state index < -0.39 is 95.8 Å². The average molecular weight is 950 g/mol. The molecule has 4 aromatic rings. The minimum Gasteiger partial charge on any atom is -0.507 e. The monoisotopic (exact) mass is 949 g/mol. The first-order chi connectivity index (χ1) is 33.1. The molecule has 0 bridgehead atoms. The summed E-state index contributed by atoms with van der Waals surface area (Å²) < 4.78 is 23.7. The van der Waals surface area contributed by atoms with Gasteiger partial charge >= 0.3 is 0 Å². The molecular formula is C48H55N9O12. The van der Waals surface area contributed by atoms with E-state index in [2.05, 4.69) is 30.7 Å². The molecular weight excluding hydrogens is 895 g/mol. The van der Waals surface area contributed by atoms with Crippen LogP contribution in [0.2, 0.25) is 0 Å². The predicted octanol–water partition coefficient (Wildman–Crippen LogP) is 1.29. The number of nitrogens with one attached hydrogen (secondary N) is 2. The van der Waals surface area contributed by atoms with Crippen molar-refractivity contribution in [2.24, 2.45) is 32.3 Å². The van der Waals surface area contributed by atoms with Gasteiger partial charge in [0, 0.05) is 66.3 Å². The number of aliphatic imine (C=N–C) groups is 2. The van der Waals surface area contributed by atoms with E-state index >= 15 is 0 Å². The predicted molar refractivity (Wildman–Crippen MR) is 251 cm³/mol. The molecule has 4 aliphatic rings. The molecule has 69 heavy (non-hydrogen) atoms. The zero-order chi connectivity index (χ0) is 49.1. The number of amides is 1. The van der Waals surface area contributed by atoms with Gasteiger partial charge in [0.05, 0.1) is 80.7 Å². The van der Waals surface area contributed by atoms with Crippen molar-refractivity contribution >= 4 is 40.8 Å². The number of benzene rings is 4. The Labute approximate surface area is 396 Å². The number of ketones is 2. The molecule has 364 valence electrons. The number of aromatic hydroxyl groups is 2. The zero-order valence-corrected chi connectivity index (χ0v) is 37.9. The molecule has 21 nitrogen and oxygen atoms in total. The van der Waals surface area contributed by atoms with E-state index in [1.807, 2.05) is 12.1 Å². The number of phenols is 2. The second-order valence-corrected chi connectivity index (χ2v) is 17.2. The number of methoxy groups -OCH3 is 1. The van der Waals surface area contributed by atoms with E-state index in [0.29, 0.717) is 38.5 Å². The molecule has 0 spiro atoms. The quantitative estimate of drug-likeness (QED) is 0.0344. The van der Waals surface area contributed by atoms with E-state index in [4.69, 9.17) is 36.1 Å². The number of nitrogens with two attached hydrogens (primary N) is 3. The van der Waals surface area contributed by atoms with Crippen LogP contribution in [-0.2, 0) is 33.7 Å². The highest BCUT2D eigenvalue weighted by atomic mass is 16.7. The smallest absolute Gasteiger partial charge is 0.271 e. The number of nitrogens with zero attached hydrogens (tertiary/aromatic N) is 4. The summed E-state index contributed by atoms with van der Waals surface area (Å²) in [5, 5.41) is 65.8. The van der Waals surface area contributed by atoms with Crippen LogP contribution in [0.25, 0.3) is 0 Å². The number of morpholine rings is 1. The highest BCUT2D eigenvalue weighted by Crippen LogP contribution is 2.53. The number of phenolic OH excluding ortho intramolecular Hbond substituents is 2. The molecule has 0 aromatic heterocycles. The lowest BCUT2D eigenvalue weighted by Gasteiger charge is -2.46. The number of hydrogen-bond donors (Lipinski definition) is 10. The Bertz CT molecular complexity index is 2700. The lowest BCUT2D eigenvalue weighted by Crippen LogP contribution is -2.58. The molecule has 2 heterocycles. The average Bonchev–Trinajstić information content (AvgIpc) is 3.34. The van der Waals surface area contributed by atoms with E-state index in [-0.39, 0.29) is 64.2 Å². The summed E-state index contributed by atoms with van der Waals surface area (Å²) in [5.74, 6) is -3.39. The summed E-state index contributed by atoms with van der Waals surface area (Å²) >= 11 is 0. The van der Waals surface area contributed by atoms with Crippen molar-refractivity contribution in [3.63, 3.8) is 0 Å². The topological polar surface area (TPSA) is 332 Å². The maximum Gasteiger partial charge on any atom is 0.271 e. The number of aliphatic hydroxyl groups excluding tert-OH is 2. The number of hydrazone groups is 1. The summed E-state index contributed by atoms with van der Waals surface area (Å²) in [4.78, 5) is 52.2. The lowest BCUT2D eigenvalue weighted by molar-refractivity contribution is -0.259. The van der Waals surface area contributed by atoms with Crippen molar-refractivity contribution in [1.29, 1.82) is 0 Å². The Morgan fingerprint density at radius 1 is 0.913 bits per heavy atom. The summed E-state index contributed by atoms with van der Waals surface area (Å²) in [7, 11) is 1.33. The summed E-state index contributed by atoms with van der Waals surface area (Å²) in [6, 6.07) is 17.7. The zero-order valence-electron chi connectivity index (χ0n) is 37.9. The molecule has 2 aliphatic heterocycles. The maximum absolute atomic E-state index is 14.2. The van der Waals surface area contributed by atoms with Crippen LogP contribution in [0.15, 0.2) is 81.8 Å². The number of rotatable bonds is 13. The molecule has 21 heteroatoms. The Morgan fingerprint density at radius 2 is 1.58 bits per heavy atom. The molecule has 5 unspecified atom stereocenters. The molecule has 4 aromatic carbocycles. The van der Waals surface area contributed by atoms with Gasteiger partial charge < -0.3 is 67.0 Å². The molecule has 2 aliphatic carbocycles. The van der Waals surface area contributed by atoms with Crippen LogP contribution in [0.1, 0.15) is 90.3 Å². The molecule has 13 N–H and O–H groups in total. The van der Waals surface area contributed by atoms with Gasteiger partial charge in [-0.2, -0.15) is 5.10 Å². The van der Waals surface area contributed by atoms with Crippen LogP contribution in [0, 0.1) is 0 Å². The fourth-order valence-electron chi connectivity index (χ4n) is 9.30. The number of carbonyl (C=O) groups excluding carboxylic acids is 3. The van der Waals surface area contributed by atoms with Gasteiger partial charge in [0.25, 0.3) is 5.91 Å². The van der Waals surface area contributed by atoms with Gasteiger partial charge in [-0.25, -0.2) is 15.4 Å². The minimum absolute atomic E-state index is 0.00312. The number of carbonyl (C=O) groups is 3. The second-order valence-electron chi connectivity index (χ2n) is 17.2. The van der Waals surface area contributed by atoms with Gasteiger partial charge in [-0.1, -0.05) is 36.4 Å². The number of fused-ring (bicyclic) bond motifs is 3. The lowest BCUT2D eigenvalue weighted by atomic mass is 9.71. The van der Waals surface area contributed by atoms with E-state index in [1.54, 1.807) is 31.2 Å². The van der Waals surface area contributed by atoms with Crippen molar-refractivity contribution in [3.05, 3.63) is 117 Å². The van der Waals surface area contributed by atoms with Crippen LogP contribution in [0.5, 0.6) is 17.2 Å². The number of anilines is 1. The van der Waals surface area contributed by atoms with Crippen LogP contribution in [-0.4, -0.2) is 136 Å². The number of ether oxygens (including phenoxy) is 4. The first kappa shape index (κ1) is 48.5. The Kier molecular flexibility index (Phi) is 14.3. The Morgan fingerprint density at radius 3 is 2.25 bits per heavy atom. The van der Waals surface area contributed by atoms with Crippen LogP contribution >= 0.6 is 0 Å². The van der Waals surface area contributed by atoms with E-state index in [0.717, 1.165) is 11.1 Å². The Balaban J connectivity index is 1.05. The molecule has 0 radical (unpaired) electrons. The third-order valence-corrected chi connectivity index (χ3v) is 12.9. The first-order valence-corrected chi connectivity index (χ1v) is 22.3. The number of guanidine groups is 2. The third-order valence-electron chi connectivity index (χ3n) is 12.9. The van der Waals surface area contributed by atoms with Gasteiger partial charge in [0.2, 0.25) is 5.78 Å². The standard InChI is InChI=1S/C48H55N9O12/c1-24-40(59)31(57-14-16-67-17-15-57)18-35(68-24)69-33-20-48(65,19-30-37(33)44(63)39-38(42(30)61)41(60)29-4-3-5-32(66-2)36(29)43(39)62)34(23-58)55-56-45(64)27-10-6-25(7-11-27)22-53-47(51)54-28-12-8-26(9-13-28)21-52-46(49)50/h3-13,24,31,33,35,40,58-59,61,63,65H,14-23H2,1-2H3,(H,56,64)(H4,49,50,52)(H3,51,53,54)/b55-34+/t24?,31?,33?,35?,40?,48-/m0/s1. The van der Waals surface area contributed by atoms with Gasteiger partial charge in [-0.05, 0) is 48.4 Å². The molecule has 8 rings (SSSR count). The van der Waals surface area contributed by atoms with Crippen molar-refractivity contribution in [2.75, 3.05) is 45.3 Å². The summed E-state index contributed by atoms with van der Waals surface area (Å²) in [6.45, 7) is 3.32. The van der Waals surface area contributed by atoms with E-state index in [1.165, 1.54) is 37.4 Å². The number of aliphatic hydroxyl groups is 3. The van der Waals surface area contributed by atoms with Crippen molar-refractivity contribution in [2.45, 2.75) is 75.5 Å². The SMILES string of the molecule is COc1cccc2c1C(=O)c1c(O)c3c(c(O)c1C2=O)C[C@@](O)(/C(CO)=N/NC(=O)c1ccc(CN=C(N)Nc2ccc(CN=C(N)N)cc2)cc1)CC3OC1CC(N2CCOCC2)C(O)C(C)O1. The fraction of sp³-hybridized carbons (Fsp3) is 0.375. The molecule has 2 saturated heterocycles. The largest absolute Gasteiger partial charge is 0.507 e. The third kappa shape index (κ3) is 9.97. The van der Waals surface area contributed by atoms with Crippen molar-refractivity contribution in [1.82, 2.24) is 10.3 Å².